The smallest absolute Gasteiger partial charge is 0.251 e. The molecule has 1 atom stereocenters. The second-order valence-corrected chi connectivity index (χ2v) is 6.43. The monoisotopic (exact) mass is 365 g/mol. The lowest BCUT2D eigenvalue weighted by Crippen LogP contribution is -2.47. The van der Waals surface area contributed by atoms with Crippen LogP contribution in [0, 0.1) is 5.92 Å². The minimum atomic E-state index is -0.703. The maximum absolute atomic E-state index is 12.4. The first-order chi connectivity index (χ1) is 11.4. The first-order valence-electron chi connectivity index (χ1n) is 7.35. The molecule has 2 rings (SSSR count). The molecule has 0 saturated carbocycles. The number of anilines is 1. The van der Waals surface area contributed by atoms with Crippen LogP contribution in [0.15, 0.2) is 42.6 Å². The number of nitrogens with one attached hydrogen (secondary N) is 2. The Hall–Kier alpha value is -2.11. The summed E-state index contributed by atoms with van der Waals surface area (Å²) in [5.74, 6) is -0.420. The highest BCUT2D eigenvalue weighted by atomic mass is 35.5. The van der Waals surface area contributed by atoms with Gasteiger partial charge in [0.05, 0.1) is 5.02 Å². The Bertz CT molecular complexity index is 716. The quantitative estimate of drug-likeness (QED) is 0.846. The van der Waals surface area contributed by atoms with Crippen molar-refractivity contribution in [2.75, 3.05) is 5.32 Å². The summed E-state index contributed by atoms with van der Waals surface area (Å²) in [6, 6.07) is 8.98. The summed E-state index contributed by atoms with van der Waals surface area (Å²) >= 11 is 11.6. The van der Waals surface area contributed by atoms with Crippen LogP contribution < -0.4 is 10.6 Å². The summed E-state index contributed by atoms with van der Waals surface area (Å²) in [6.45, 7) is 3.70. The van der Waals surface area contributed by atoms with Gasteiger partial charge in [-0.15, -0.1) is 0 Å². The molecule has 0 spiro atoms. The van der Waals surface area contributed by atoms with E-state index in [9.17, 15) is 9.59 Å². The van der Waals surface area contributed by atoms with Crippen molar-refractivity contribution in [2.45, 2.75) is 19.9 Å². The van der Waals surface area contributed by atoms with Crippen molar-refractivity contribution in [2.24, 2.45) is 5.92 Å². The normalized spacial score (nSPS) is 11.9. The maximum atomic E-state index is 12.4. The highest BCUT2D eigenvalue weighted by Crippen LogP contribution is 2.13. The van der Waals surface area contributed by atoms with E-state index in [0.29, 0.717) is 21.4 Å². The van der Waals surface area contributed by atoms with Crippen molar-refractivity contribution in [3.8, 4) is 0 Å². The van der Waals surface area contributed by atoms with E-state index in [-0.39, 0.29) is 17.7 Å². The second kappa shape index (κ2) is 8.13. The molecule has 1 unspecified atom stereocenters. The molecule has 2 aromatic rings. The van der Waals surface area contributed by atoms with Gasteiger partial charge in [0.25, 0.3) is 5.91 Å². The van der Waals surface area contributed by atoms with E-state index in [1.54, 1.807) is 36.4 Å². The number of amides is 2. The van der Waals surface area contributed by atoms with Gasteiger partial charge in [-0.3, -0.25) is 9.59 Å². The van der Waals surface area contributed by atoms with Crippen LogP contribution in [-0.4, -0.2) is 22.8 Å². The van der Waals surface area contributed by atoms with E-state index < -0.39 is 6.04 Å². The number of carbonyl (C=O) groups is 2. The zero-order chi connectivity index (χ0) is 17.7. The highest BCUT2D eigenvalue weighted by Gasteiger charge is 2.25. The largest absolute Gasteiger partial charge is 0.340 e. The molecule has 0 fully saturated rings. The van der Waals surface area contributed by atoms with E-state index in [1.165, 1.54) is 6.20 Å². The number of hydrogen-bond donors (Lipinski definition) is 2. The molecule has 0 saturated heterocycles. The Morgan fingerprint density at radius 2 is 1.62 bits per heavy atom. The number of hydrogen-bond acceptors (Lipinski definition) is 3. The lowest BCUT2D eigenvalue weighted by molar-refractivity contribution is -0.118. The summed E-state index contributed by atoms with van der Waals surface area (Å²) in [5.41, 5.74) is 0.433. The molecule has 2 N–H and O–H groups in total. The molecule has 2 amide bonds. The SMILES string of the molecule is CC(C)C(NC(=O)c1ccc(Cl)cc1)C(=O)Nc1ccc(Cl)cn1. The van der Waals surface area contributed by atoms with Crippen LogP contribution in [0.1, 0.15) is 24.2 Å². The number of carbonyl (C=O) groups excluding carboxylic acids is 2. The Morgan fingerprint density at radius 1 is 1.00 bits per heavy atom. The fourth-order valence-corrected chi connectivity index (χ4v) is 2.25. The number of halogens is 2. The van der Waals surface area contributed by atoms with Crippen molar-refractivity contribution in [3.63, 3.8) is 0 Å². The van der Waals surface area contributed by atoms with Crippen LogP contribution in [0.2, 0.25) is 10.0 Å². The number of pyridine rings is 1. The van der Waals surface area contributed by atoms with Crippen molar-refractivity contribution in [1.29, 1.82) is 0 Å². The molecule has 7 heteroatoms. The minimum absolute atomic E-state index is 0.103. The third-order valence-corrected chi connectivity index (χ3v) is 3.80. The van der Waals surface area contributed by atoms with Gasteiger partial charge in [-0.2, -0.15) is 0 Å². The van der Waals surface area contributed by atoms with Crippen LogP contribution in [0.4, 0.5) is 5.82 Å². The first kappa shape index (κ1) is 18.2. The predicted molar refractivity (Wildman–Crippen MR) is 95.4 cm³/mol. The second-order valence-electron chi connectivity index (χ2n) is 5.55. The van der Waals surface area contributed by atoms with Gasteiger partial charge in [0.2, 0.25) is 5.91 Å². The molecule has 0 aliphatic heterocycles. The molecule has 0 radical (unpaired) electrons. The standard InChI is InChI=1S/C17H17Cl2N3O2/c1-10(2)15(17(24)21-14-8-7-13(19)9-20-14)22-16(23)11-3-5-12(18)6-4-11/h3-10,15H,1-2H3,(H,22,23)(H,20,21,24). The molecule has 126 valence electrons. The van der Waals surface area contributed by atoms with Gasteiger partial charge >= 0.3 is 0 Å². The average molecular weight is 366 g/mol. The van der Waals surface area contributed by atoms with Crippen LogP contribution in [0.3, 0.4) is 0 Å². The highest BCUT2D eigenvalue weighted by molar-refractivity contribution is 6.30. The van der Waals surface area contributed by atoms with Gasteiger partial charge in [0, 0.05) is 16.8 Å². The Kier molecular flexibility index (Phi) is 6.17. The maximum Gasteiger partial charge on any atom is 0.251 e. The summed E-state index contributed by atoms with van der Waals surface area (Å²) in [4.78, 5) is 28.8. The van der Waals surface area contributed by atoms with Crippen LogP contribution >= 0.6 is 23.2 Å². The first-order valence-corrected chi connectivity index (χ1v) is 8.11. The third kappa shape index (κ3) is 4.94. The molecular weight excluding hydrogens is 349 g/mol. The molecule has 1 aromatic heterocycles. The van der Waals surface area contributed by atoms with E-state index in [1.807, 2.05) is 13.8 Å². The number of nitrogens with zero attached hydrogens (tertiary/aromatic N) is 1. The number of rotatable bonds is 5. The van der Waals surface area contributed by atoms with Gasteiger partial charge in [-0.05, 0) is 42.3 Å². The summed E-state index contributed by atoms with van der Waals surface area (Å²) in [5, 5.41) is 6.42. The topological polar surface area (TPSA) is 71.1 Å². The Morgan fingerprint density at radius 3 is 2.17 bits per heavy atom. The van der Waals surface area contributed by atoms with Gasteiger partial charge in [0.1, 0.15) is 11.9 Å². The fourth-order valence-electron chi connectivity index (χ4n) is 2.01. The molecule has 24 heavy (non-hydrogen) atoms. The lowest BCUT2D eigenvalue weighted by Gasteiger charge is -2.21. The van der Waals surface area contributed by atoms with Crippen molar-refractivity contribution < 1.29 is 9.59 Å². The molecule has 0 aliphatic rings. The summed E-state index contributed by atoms with van der Waals surface area (Å²) < 4.78 is 0. The van der Waals surface area contributed by atoms with E-state index in [4.69, 9.17) is 23.2 Å². The fraction of sp³-hybridized carbons (Fsp3) is 0.235. The van der Waals surface area contributed by atoms with Crippen molar-refractivity contribution in [1.82, 2.24) is 10.3 Å². The van der Waals surface area contributed by atoms with E-state index in [0.717, 1.165) is 0 Å². The molecular formula is C17H17Cl2N3O2. The van der Waals surface area contributed by atoms with E-state index in [2.05, 4.69) is 15.6 Å². The van der Waals surface area contributed by atoms with E-state index >= 15 is 0 Å². The third-order valence-electron chi connectivity index (χ3n) is 3.32. The molecule has 5 nitrogen and oxygen atoms in total. The lowest BCUT2D eigenvalue weighted by atomic mass is 10.0. The van der Waals surface area contributed by atoms with Gasteiger partial charge < -0.3 is 10.6 Å². The molecule has 0 bridgehead atoms. The number of benzene rings is 1. The van der Waals surface area contributed by atoms with Crippen LogP contribution in [0.5, 0.6) is 0 Å². The average Bonchev–Trinajstić information content (AvgIpc) is 2.54. The molecule has 1 aromatic carbocycles. The van der Waals surface area contributed by atoms with Crippen molar-refractivity contribution in [3.05, 3.63) is 58.2 Å². The Balaban J connectivity index is 2.07. The summed E-state index contributed by atoms with van der Waals surface area (Å²) in [6.07, 6.45) is 1.44. The van der Waals surface area contributed by atoms with Crippen molar-refractivity contribution >= 4 is 40.8 Å². The van der Waals surface area contributed by atoms with Gasteiger partial charge in [-0.1, -0.05) is 37.0 Å². The Labute approximate surface area is 150 Å². The van der Waals surface area contributed by atoms with Gasteiger partial charge in [-0.25, -0.2) is 4.98 Å². The van der Waals surface area contributed by atoms with Crippen LogP contribution in [-0.2, 0) is 4.79 Å². The zero-order valence-electron chi connectivity index (χ0n) is 13.2. The van der Waals surface area contributed by atoms with Crippen LogP contribution in [0.25, 0.3) is 0 Å². The molecule has 1 heterocycles. The minimum Gasteiger partial charge on any atom is -0.340 e. The zero-order valence-corrected chi connectivity index (χ0v) is 14.7. The number of aromatic nitrogens is 1. The summed E-state index contributed by atoms with van der Waals surface area (Å²) in [7, 11) is 0. The molecule has 0 aliphatic carbocycles. The van der Waals surface area contributed by atoms with Gasteiger partial charge in [0.15, 0.2) is 0 Å². The predicted octanol–water partition coefficient (Wildman–Crippen LogP) is 3.78.